The Morgan fingerprint density at radius 2 is 1.95 bits per heavy atom. The van der Waals surface area contributed by atoms with E-state index in [1.165, 1.54) is 6.42 Å². The highest BCUT2D eigenvalue weighted by molar-refractivity contribution is 5.84. The molecule has 1 amide bonds. The lowest BCUT2D eigenvalue weighted by molar-refractivity contribution is 0.0126. The summed E-state index contributed by atoms with van der Waals surface area (Å²) in [6.07, 6.45) is 3.08. The maximum absolute atomic E-state index is 12.0. The minimum Gasteiger partial charge on any atom is -0.446 e. The van der Waals surface area contributed by atoms with Gasteiger partial charge in [-0.1, -0.05) is 45.4 Å². The zero-order valence-electron chi connectivity index (χ0n) is 12.6. The summed E-state index contributed by atoms with van der Waals surface area (Å²) in [6, 6.07) is 9.45. The summed E-state index contributed by atoms with van der Waals surface area (Å²) in [5.41, 5.74) is 0.780. The van der Waals surface area contributed by atoms with Crippen LogP contribution in [-0.4, -0.2) is 12.2 Å². The fraction of sp³-hybridized carbons (Fsp3) is 0.588. The van der Waals surface area contributed by atoms with Crippen molar-refractivity contribution >= 4 is 11.8 Å². The molecule has 0 radical (unpaired) electrons. The van der Waals surface area contributed by atoms with Gasteiger partial charge in [-0.05, 0) is 42.7 Å². The molecular weight excluding hydrogens is 250 g/mol. The number of rotatable bonds is 3. The van der Waals surface area contributed by atoms with Gasteiger partial charge in [-0.2, -0.15) is 0 Å². The summed E-state index contributed by atoms with van der Waals surface area (Å²) in [4.78, 5) is 12.0. The van der Waals surface area contributed by atoms with Crippen LogP contribution in [0.5, 0.6) is 0 Å². The Hall–Kier alpha value is -1.51. The smallest absolute Gasteiger partial charge is 0.411 e. The SMILES string of the molecule is CC(C)[C@@H]1CC[C@H](C)C[C@H]1OC(=O)Nc1ccccc1. The molecule has 3 nitrogen and oxygen atoms in total. The zero-order chi connectivity index (χ0) is 14.5. The summed E-state index contributed by atoms with van der Waals surface area (Å²) >= 11 is 0. The molecule has 1 aromatic carbocycles. The molecule has 1 aliphatic carbocycles. The van der Waals surface area contributed by atoms with Gasteiger partial charge in [0.25, 0.3) is 0 Å². The van der Waals surface area contributed by atoms with Crippen molar-refractivity contribution in [3.63, 3.8) is 0 Å². The third kappa shape index (κ3) is 3.99. The highest BCUT2D eigenvalue weighted by atomic mass is 16.6. The number of amides is 1. The summed E-state index contributed by atoms with van der Waals surface area (Å²) in [5, 5.41) is 2.80. The molecule has 1 aromatic rings. The number of carbonyl (C=O) groups is 1. The van der Waals surface area contributed by atoms with Crippen LogP contribution in [0, 0.1) is 17.8 Å². The number of carbonyl (C=O) groups excluding carboxylic acids is 1. The largest absolute Gasteiger partial charge is 0.446 e. The van der Waals surface area contributed by atoms with Gasteiger partial charge in [0.05, 0.1) is 0 Å². The second-order valence-electron chi connectivity index (χ2n) is 6.26. The van der Waals surface area contributed by atoms with Gasteiger partial charge in [0.1, 0.15) is 6.10 Å². The molecule has 3 atom stereocenters. The van der Waals surface area contributed by atoms with Gasteiger partial charge in [0.2, 0.25) is 0 Å². The molecule has 1 fully saturated rings. The molecule has 1 aliphatic rings. The van der Waals surface area contributed by atoms with E-state index >= 15 is 0 Å². The molecule has 110 valence electrons. The summed E-state index contributed by atoms with van der Waals surface area (Å²) in [7, 11) is 0. The molecule has 1 N–H and O–H groups in total. The molecule has 20 heavy (non-hydrogen) atoms. The second kappa shape index (κ2) is 6.78. The standard InChI is InChI=1S/C17H25NO2/c1-12(2)15-10-9-13(3)11-16(15)20-17(19)18-14-7-5-4-6-8-14/h4-8,12-13,15-16H,9-11H2,1-3H3,(H,18,19)/t13-,15-,16+/m0/s1. The Morgan fingerprint density at radius 1 is 1.25 bits per heavy atom. The Morgan fingerprint density at radius 3 is 2.60 bits per heavy atom. The maximum atomic E-state index is 12.0. The maximum Gasteiger partial charge on any atom is 0.411 e. The average molecular weight is 275 g/mol. The molecule has 0 bridgehead atoms. The van der Waals surface area contributed by atoms with Gasteiger partial charge in [-0.3, -0.25) is 5.32 Å². The predicted molar refractivity (Wildman–Crippen MR) is 81.7 cm³/mol. The highest BCUT2D eigenvalue weighted by Crippen LogP contribution is 2.35. The van der Waals surface area contributed by atoms with Crippen LogP contribution in [0.1, 0.15) is 40.0 Å². The molecular formula is C17H25NO2. The molecule has 3 heteroatoms. The lowest BCUT2D eigenvalue weighted by Gasteiger charge is -2.36. The minimum absolute atomic E-state index is 0.0439. The Labute approximate surface area is 121 Å². The lowest BCUT2D eigenvalue weighted by Crippen LogP contribution is -2.36. The van der Waals surface area contributed by atoms with Crippen molar-refractivity contribution in [3.05, 3.63) is 30.3 Å². The molecule has 0 aromatic heterocycles. The van der Waals surface area contributed by atoms with E-state index in [9.17, 15) is 4.79 Å². The van der Waals surface area contributed by atoms with Crippen LogP contribution >= 0.6 is 0 Å². The van der Waals surface area contributed by atoms with Gasteiger partial charge in [0.15, 0.2) is 0 Å². The quantitative estimate of drug-likeness (QED) is 0.868. The van der Waals surface area contributed by atoms with Crippen LogP contribution in [-0.2, 0) is 4.74 Å². The van der Waals surface area contributed by atoms with Crippen molar-refractivity contribution in [2.24, 2.45) is 17.8 Å². The summed E-state index contributed by atoms with van der Waals surface area (Å²) < 4.78 is 5.69. The monoisotopic (exact) mass is 275 g/mol. The molecule has 0 unspecified atom stereocenters. The average Bonchev–Trinajstić information content (AvgIpc) is 2.39. The molecule has 0 heterocycles. The first kappa shape index (κ1) is 14.9. The van der Waals surface area contributed by atoms with Crippen LogP contribution in [0.3, 0.4) is 0 Å². The number of ether oxygens (including phenoxy) is 1. The summed E-state index contributed by atoms with van der Waals surface area (Å²) in [6.45, 7) is 6.67. The fourth-order valence-electron chi connectivity index (χ4n) is 3.06. The van der Waals surface area contributed by atoms with Crippen LogP contribution in [0.15, 0.2) is 30.3 Å². The Bertz CT molecular complexity index is 430. The summed E-state index contributed by atoms with van der Waals surface area (Å²) in [5.74, 6) is 1.67. The number of para-hydroxylation sites is 1. The van der Waals surface area contributed by atoms with E-state index in [1.807, 2.05) is 30.3 Å². The fourth-order valence-corrected chi connectivity index (χ4v) is 3.06. The molecule has 0 saturated heterocycles. The second-order valence-corrected chi connectivity index (χ2v) is 6.26. The Kier molecular flexibility index (Phi) is 5.05. The van der Waals surface area contributed by atoms with E-state index in [1.54, 1.807) is 0 Å². The van der Waals surface area contributed by atoms with Crippen molar-refractivity contribution in [3.8, 4) is 0 Å². The third-order valence-electron chi connectivity index (χ3n) is 4.24. The van der Waals surface area contributed by atoms with Crippen molar-refractivity contribution in [2.45, 2.75) is 46.1 Å². The topological polar surface area (TPSA) is 38.3 Å². The highest BCUT2D eigenvalue weighted by Gasteiger charge is 2.33. The number of benzene rings is 1. The van der Waals surface area contributed by atoms with E-state index in [0.29, 0.717) is 17.8 Å². The van der Waals surface area contributed by atoms with E-state index in [2.05, 4.69) is 26.1 Å². The number of nitrogens with one attached hydrogen (secondary N) is 1. The van der Waals surface area contributed by atoms with Crippen LogP contribution in [0.4, 0.5) is 10.5 Å². The third-order valence-corrected chi connectivity index (χ3v) is 4.24. The van der Waals surface area contributed by atoms with Gasteiger partial charge in [0, 0.05) is 5.69 Å². The number of hydrogen-bond donors (Lipinski definition) is 1. The minimum atomic E-state index is -0.332. The molecule has 0 spiro atoms. The Balaban J connectivity index is 1.94. The first-order chi connectivity index (χ1) is 9.56. The first-order valence-corrected chi connectivity index (χ1v) is 7.59. The predicted octanol–water partition coefficient (Wildman–Crippen LogP) is 4.70. The van der Waals surface area contributed by atoms with E-state index in [4.69, 9.17) is 4.74 Å². The van der Waals surface area contributed by atoms with Gasteiger partial charge >= 0.3 is 6.09 Å². The number of hydrogen-bond acceptors (Lipinski definition) is 2. The number of anilines is 1. The normalized spacial score (nSPS) is 26.3. The van der Waals surface area contributed by atoms with Gasteiger partial charge in [-0.15, -0.1) is 0 Å². The van der Waals surface area contributed by atoms with Crippen LogP contribution in [0.25, 0.3) is 0 Å². The first-order valence-electron chi connectivity index (χ1n) is 7.59. The van der Waals surface area contributed by atoms with E-state index in [-0.39, 0.29) is 12.2 Å². The molecule has 2 rings (SSSR count). The van der Waals surface area contributed by atoms with E-state index in [0.717, 1.165) is 18.5 Å². The van der Waals surface area contributed by atoms with Crippen molar-refractivity contribution in [1.29, 1.82) is 0 Å². The molecule has 0 aliphatic heterocycles. The van der Waals surface area contributed by atoms with Crippen molar-refractivity contribution < 1.29 is 9.53 Å². The lowest BCUT2D eigenvalue weighted by atomic mass is 9.75. The molecule has 1 saturated carbocycles. The van der Waals surface area contributed by atoms with Crippen molar-refractivity contribution in [1.82, 2.24) is 0 Å². The van der Waals surface area contributed by atoms with Crippen LogP contribution < -0.4 is 5.32 Å². The van der Waals surface area contributed by atoms with Gasteiger partial charge < -0.3 is 4.74 Å². The van der Waals surface area contributed by atoms with Crippen LogP contribution in [0.2, 0.25) is 0 Å². The van der Waals surface area contributed by atoms with Gasteiger partial charge in [-0.25, -0.2) is 4.79 Å². The zero-order valence-corrected chi connectivity index (χ0v) is 12.6. The van der Waals surface area contributed by atoms with Crippen molar-refractivity contribution in [2.75, 3.05) is 5.32 Å². The van der Waals surface area contributed by atoms with E-state index < -0.39 is 0 Å².